The highest BCUT2D eigenvalue weighted by atomic mass is 32.2. The Balaban J connectivity index is 2.53. The highest BCUT2D eigenvalue weighted by molar-refractivity contribution is 7.91. The Labute approximate surface area is 111 Å². The Morgan fingerprint density at radius 1 is 1.21 bits per heavy atom. The molecule has 2 N–H and O–H groups in total. The van der Waals surface area contributed by atoms with Crippen molar-refractivity contribution in [2.24, 2.45) is 0 Å². The maximum Gasteiger partial charge on any atom is 0.219 e. The largest absolute Gasteiger partial charge is 0.497 e. The lowest BCUT2D eigenvalue weighted by Crippen LogP contribution is -2.06. The molecular weight excluding hydrogens is 266 g/mol. The number of nitrogen functional groups attached to an aromatic ring is 1. The van der Waals surface area contributed by atoms with Crippen molar-refractivity contribution >= 4 is 15.8 Å². The van der Waals surface area contributed by atoms with Crippen LogP contribution in [0.5, 0.6) is 5.75 Å². The van der Waals surface area contributed by atoms with Gasteiger partial charge in [0.05, 0.1) is 24.4 Å². The highest BCUT2D eigenvalue weighted by Crippen LogP contribution is 2.26. The molecule has 2 rings (SSSR count). The number of sulfone groups is 1. The average Bonchev–Trinajstić information content (AvgIpc) is 2.38. The van der Waals surface area contributed by atoms with Gasteiger partial charge in [-0.1, -0.05) is 0 Å². The normalized spacial score (nSPS) is 11.3. The number of hydrogen-bond donors (Lipinski definition) is 1. The molecule has 0 aliphatic rings. The number of nitrogens with zero attached hydrogens (tertiary/aromatic N) is 2. The van der Waals surface area contributed by atoms with E-state index in [0.29, 0.717) is 11.3 Å². The van der Waals surface area contributed by atoms with Crippen LogP contribution >= 0.6 is 0 Å². The molecule has 0 unspecified atom stereocenters. The van der Waals surface area contributed by atoms with Crippen molar-refractivity contribution in [3.05, 3.63) is 36.2 Å². The number of anilines is 1. The van der Waals surface area contributed by atoms with E-state index in [0.717, 1.165) is 0 Å². The van der Waals surface area contributed by atoms with E-state index in [4.69, 9.17) is 10.5 Å². The molecule has 6 nitrogen and oxygen atoms in total. The fourth-order valence-corrected chi connectivity index (χ4v) is 3.01. The zero-order valence-corrected chi connectivity index (χ0v) is 11.3. The van der Waals surface area contributed by atoms with Crippen molar-refractivity contribution in [1.29, 1.82) is 0 Å². The molecule has 0 aliphatic heterocycles. The average molecular weight is 279 g/mol. The van der Waals surface area contributed by atoms with E-state index in [1.165, 1.54) is 25.6 Å². The van der Waals surface area contributed by atoms with Gasteiger partial charge in [0, 0.05) is 0 Å². The van der Waals surface area contributed by atoms with Gasteiger partial charge >= 0.3 is 0 Å². The zero-order valence-electron chi connectivity index (χ0n) is 10.5. The van der Waals surface area contributed by atoms with Crippen LogP contribution in [0.2, 0.25) is 0 Å². The Bertz CT molecular complexity index is 697. The van der Waals surface area contributed by atoms with Crippen LogP contribution in [0.3, 0.4) is 0 Å². The maximum absolute atomic E-state index is 12.4. The van der Waals surface area contributed by atoms with Crippen molar-refractivity contribution in [3.8, 4) is 5.75 Å². The van der Waals surface area contributed by atoms with Crippen LogP contribution in [0, 0.1) is 6.92 Å². The molecule has 1 aromatic carbocycles. The third kappa shape index (κ3) is 2.50. The van der Waals surface area contributed by atoms with Crippen molar-refractivity contribution in [2.75, 3.05) is 12.8 Å². The number of rotatable bonds is 3. The summed E-state index contributed by atoms with van der Waals surface area (Å²) in [5, 5.41) is 0. The Kier molecular flexibility index (Phi) is 3.39. The molecule has 100 valence electrons. The van der Waals surface area contributed by atoms with Gasteiger partial charge in [0.15, 0.2) is 0 Å². The van der Waals surface area contributed by atoms with Crippen molar-refractivity contribution in [3.63, 3.8) is 0 Å². The molecule has 1 heterocycles. The van der Waals surface area contributed by atoms with Gasteiger partial charge in [0.2, 0.25) is 15.8 Å². The van der Waals surface area contributed by atoms with E-state index in [1.54, 1.807) is 19.1 Å². The molecule has 2 aromatic rings. The van der Waals surface area contributed by atoms with Gasteiger partial charge in [-0.3, -0.25) is 0 Å². The highest BCUT2D eigenvalue weighted by Gasteiger charge is 2.21. The van der Waals surface area contributed by atoms with Gasteiger partial charge in [-0.15, -0.1) is 0 Å². The van der Waals surface area contributed by atoms with Gasteiger partial charge in [-0.05, 0) is 30.7 Å². The predicted octanol–water partition coefficient (Wildman–Crippen LogP) is 1.21. The summed E-state index contributed by atoms with van der Waals surface area (Å²) in [6.07, 6.45) is 2.39. The lowest BCUT2D eigenvalue weighted by molar-refractivity contribution is 0.414. The lowest BCUT2D eigenvalue weighted by atomic mass is 10.2. The first-order valence-electron chi connectivity index (χ1n) is 5.42. The third-order valence-electron chi connectivity index (χ3n) is 2.63. The Morgan fingerprint density at radius 3 is 2.37 bits per heavy atom. The van der Waals surface area contributed by atoms with Gasteiger partial charge in [-0.25, -0.2) is 18.4 Å². The lowest BCUT2D eigenvalue weighted by Gasteiger charge is -2.09. The smallest absolute Gasteiger partial charge is 0.219 e. The number of ether oxygens (including phenoxy) is 1. The predicted molar refractivity (Wildman–Crippen MR) is 69.6 cm³/mol. The quantitative estimate of drug-likeness (QED) is 0.907. The van der Waals surface area contributed by atoms with Crippen LogP contribution in [0.25, 0.3) is 0 Å². The zero-order chi connectivity index (χ0) is 14.0. The van der Waals surface area contributed by atoms with Gasteiger partial charge in [-0.2, -0.15) is 0 Å². The van der Waals surface area contributed by atoms with E-state index >= 15 is 0 Å². The second-order valence-electron chi connectivity index (χ2n) is 3.91. The van der Waals surface area contributed by atoms with Crippen LogP contribution < -0.4 is 10.5 Å². The van der Waals surface area contributed by atoms with Gasteiger partial charge < -0.3 is 10.5 Å². The molecule has 0 saturated heterocycles. The summed E-state index contributed by atoms with van der Waals surface area (Å²) >= 11 is 0. The number of benzene rings is 1. The molecule has 19 heavy (non-hydrogen) atoms. The van der Waals surface area contributed by atoms with E-state index in [-0.39, 0.29) is 15.7 Å². The van der Waals surface area contributed by atoms with E-state index in [2.05, 4.69) is 9.97 Å². The maximum atomic E-state index is 12.4. The van der Waals surface area contributed by atoms with Crippen LogP contribution in [-0.2, 0) is 9.84 Å². The number of aryl methyl sites for hydroxylation is 1. The van der Waals surface area contributed by atoms with Crippen LogP contribution in [0.15, 0.2) is 40.4 Å². The fraction of sp³-hybridized carbons (Fsp3) is 0.167. The van der Waals surface area contributed by atoms with Crippen LogP contribution in [-0.4, -0.2) is 25.5 Å². The monoisotopic (exact) mass is 279 g/mol. The molecule has 0 aliphatic carbocycles. The first-order chi connectivity index (χ1) is 8.95. The van der Waals surface area contributed by atoms with Crippen molar-refractivity contribution in [1.82, 2.24) is 9.97 Å². The molecule has 0 spiro atoms. The summed E-state index contributed by atoms with van der Waals surface area (Å²) in [6.45, 7) is 1.70. The summed E-state index contributed by atoms with van der Waals surface area (Å²) in [5.74, 6) is 0.635. The topological polar surface area (TPSA) is 95.2 Å². The first-order valence-corrected chi connectivity index (χ1v) is 6.90. The van der Waals surface area contributed by atoms with Crippen LogP contribution in [0.4, 0.5) is 5.95 Å². The third-order valence-corrected chi connectivity index (χ3v) is 4.50. The van der Waals surface area contributed by atoms with E-state index in [1.807, 2.05) is 0 Å². The molecule has 0 radical (unpaired) electrons. The minimum absolute atomic E-state index is 0.00923. The molecule has 7 heteroatoms. The van der Waals surface area contributed by atoms with Gasteiger partial charge in [0.25, 0.3) is 0 Å². The molecule has 1 aromatic heterocycles. The first kappa shape index (κ1) is 13.3. The van der Waals surface area contributed by atoms with E-state index in [9.17, 15) is 8.42 Å². The molecule has 0 bridgehead atoms. The molecule has 0 saturated carbocycles. The van der Waals surface area contributed by atoms with Crippen LogP contribution in [0.1, 0.15) is 5.56 Å². The van der Waals surface area contributed by atoms with E-state index < -0.39 is 9.84 Å². The molecule has 0 amide bonds. The van der Waals surface area contributed by atoms with Gasteiger partial charge in [0.1, 0.15) is 10.6 Å². The summed E-state index contributed by atoms with van der Waals surface area (Å²) in [5.41, 5.74) is 5.94. The number of methoxy groups -OCH3 is 1. The second-order valence-corrected chi connectivity index (χ2v) is 5.83. The summed E-state index contributed by atoms with van der Waals surface area (Å²) in [4.78, 5) is 7.60. The summed E-state index contributed by atoms with van der Waals surface area (Å²) < 4.78 is 29.9. The summed E-state index contributed by atoms with van der Waals surface area (Å²) in [7, 11) is -2.12. The minimum Gasteiger partial charge on any atom is -0.497 e. The fourth-order valence-electron chi connectivity index (χ4n) is 1.64. The number of aromatic nitrogens is 2. The molecule has 0 fully saturated rings. The molecular formula is C12H13N3O3S. The van der Waals surface area contributed by atoms with Crippen molar-refractivity contribution in [2.45, 2.75) is 16.7 Å². The summed E-state index contributed by atoms with van der Waals surface area (Å²) in [6, 6.07) is 4.75. The number of hydrogen-bond acceptors (Lipinski definition) is 6. The Hall–Kier alpha value is -2.15. The second kappa shape index (κ2) is 4.85. The number of nitrogens with two attached hydrogens (primary N) is 1. The molecule has 0 atom stereocenters. The van der Waals surface area contributed by atoms with Crippen molar-refractivity contribution < 1.29 is 13.2 Å². The SMILES string of the molecule is COc1ccc(S(=O)(=O)c2cnc(N)nc2)c(C)c1. The minimum atomic E-state index is -3.65. The standard InChI is InChI=1S/C12H13N3O3S/c1-8-5-9(18-2)3-4-11(8)19(16,17)10-6-14-12(13)15-7-10/h3-7H,1-2H3,(H2,13,14,15). The Morgan fingerprint density at radius 2 is 1.84 bits per heavy atom.